The third-order valence-corrected chi connectivity index (χ3v) is 5.70. The molecule has 1 saturated heterocycles. The number of methoxy groups -OCH3 is 2. The molecule has 1 rings (SSSR count). The molecule has 5 atom stereocenters. The summed E-state index contributed by atoms with van der Waals surface area (Å²) < 4.78 is 29.7. The van der Waals surface area contributed by atoms with Crippen LogP contribution in [-0.2, 0) is 27.9 Å². The monoisotopic (exact) mass is 393 g/mol. The van der Waals surface area contributed by atoms with Gasteiger partial charge < -0.3 is 28.4 Å². The SMILES string of the molecule is CO[C@H]1O[C@H](CO[Si](C)(C)C)[C@@H](OC)[C@H](O[Si](C)(C)C)[C@H]1NC(C)=O. The van der Waals surface area contributed by atoms with E-state index in [1.807, 2.05) is 0 Å². The van der Waals surface area contributed by atoms with Crippen LogP contribution in [0.2, 0.25) is 39.3 Å². The highest BCUT2D eigenvalue weighted by atomic mass is 28.4. The summed E-state index contributed by atoms with van der Waals surface area (Å²) in [6.45, 7) is 14.6. The first-order valence-electron chi connectivity index (χ1n) is 8.68. The lowest BCUT2D eigenvalue weighted by Crippen LogP contribution is -2.67. The second-order valence-corrected chi connectivity index (χ2v) is 17.3. The molecule has 1 aliphatic rings. The number of rotatable bonds is 8. The number of hydrogen-bond donors (Lipinski definition) is 1. The summed E-state index contributed by atoms with van der Waals surface area (Å²) in [5.41, 5.74) is 0. The molecule has 0 aromatic carbocycles. The number of carbonyl (C=O) groups is 1. The van der Waals surface area contributed by atoms with Crippen LogP contribution in [0.5, 0.6) is 0 Å². The van der Waals surface area contributed by atoms with Gasteiger partial charge in [0.05, 0.1) is 12.7 Å². The average molecular weight is 394 g/mol. The largest absolute Gasteiger partial charge is 0.415 e. The van der Waals surface area contributed by atoms with Crippen molar-refractivity contribution in [2.75, 3.05) is 20.8 Å². The van der Waals surface area contributed by atoms with Gasteiger partial charge >= 0.3 is 0 Å². The lowest BCUT2D eigenvalue weighted by atomic mass is 9.96. The first-order chi connectivity index (χ1) is 11.4. The lowest BCUT2D eigenvalue weighted by Gasteiger charge is -2.47. The molecule has 0 aromatic rings. The number of nitrogens with one attached hydrogen (secondary N) is 1. The molecule has 0 saturated carbocycles. The highest BCUT2D eigenvalue weighted by Gasteiger charge is 2.49. The van der Waals surface area contributed by atoms with Crippen LogP contribution in [-0.4, -0.2) is 74.0 Å². The van der Waals surface area contributed by atoms with Crippen molar-refractivity contribution in [2.24, 2.45) is 0 Å². The van der Waals surface area contributed by atoms with Crippen LogP contribution in [0, 0.1) is 0 Å². The van der Waals surface area contributed by atoms with E-state index >= 15 is 0 Å². The van der Waals surface area contributed by atoms with Gasteiger partial charge in [0.1, 0.15) is 18.2 Å². The third-order valence-electron chi connectivity index (χ3n) is 3.69. The first kappa shape index (κ1) is 22.7. The normalized spacial score (nSPS) is 31.0. The predicted octanol–water partition coefficient (Wildman–Crippen LogP) is 1.95. The van der Waals surface area contributed by atoms with Crippen molar-refractivity contribution >= 4 is 22.5 Å². The van der Waals surface area contributed by atoms with Gasteiger partial charge in [0.2, 0.25) is 5.91 Å². The maximum atomic E-state index is 11.7. The van der Waals surface area contributed by atoms with E-state index in [1.54, 1.807) is 14.2 Å². The summed E-state index contributed by atoms with van der Waals surface area (Å²) in [6, 6.07) is -0.442. The second kappa shape index (κ2) is 9.07. The van der Waals surface area contributed by atoms with Crippen LogP contribution in [0.15, 0.2) is 0 Å². The Morgan fingerprint density at radius 2 is 1.60 bits per heavy atom. The van der Waals surface area contributed by atoms with E-state index in [0.717, 1.165) is 0 Å². The van der Waals surface area contributed by atoms with Gasteiger partial charge in [-0.15, -0.1) is 0 Å². The standard InChI is InChI=1S/C16H35NO6Si2/c1-11(18)17-13-15(23-25(7,8)9)14(19-2)12(22-16(13)20-3)10-21-24(4,5)6/h12-16H,10H2,1-9H3,(H,17,18)/t12-,13-,14-,15-,16+/m1/s1. The van der Waals surface area contributed by atoms with Gasteiger partial charge in [0.25, 0.3) is 0 Å². The number of carbonyl (C=O) groups excluding carboxylic acids is 1. The molecule has 0 aliphatic carbocycles. The topological polar surface area (TPSA) is 75.2 Å². The van der Waals surface area contributed by atoms with Gasteiger partial charge in [-0.3, -0.25) is 4.79 Å². The molecule has 0 bridgehead atoms. The van der Waals surface area contributed by atoms with E-state index in [0.29, 0.717) is 6.61 Å². The van der Waals surface area contributed by atoms with Crippen molar-refractivity contribution in [3.8, 4) is 0 Å². The molecular weight excluding hydrogens is 358 g/mol. The zero-order valence-electron chi connectivity index (χ0n) is 17.0. The summed E-state index contributed by atoms with van der Waals surface area (Å²) in [5, 5.41) is 2.91. The van der Waals surface area contributed by atoms with Gasteiger partial charge in [-0.25, -0.2) is 0 Å². The zero-order chi connectivity index (χ0) is 19.4. The van der Waals surface area contributed by atoms with E-state index in [1.165, 1.54) is 6.92 Å². The van der Waals surface area contributed by atoms with Gasteiger partial charge in [-0.05, 0) is 39.3 Å². The molecule has 0 unspecified atom stereocenters. The molecule has 1 aliphatic heterocycles. The van der Waals surface area contributed by atoms with Crippen LogP contribution in [0.4, 0.5) is 0 Å². The molecule has 1 fully saturated rings. The number of hydrogen-bond acceptors (Lipinski definition) is 6. The zero-order valence-corrected chi connectivity index (χ0v) is 19.0. The molecular formula is C16H35NO6Si2. The van der Waals surface area contributed by atoms with E-state index in [4.69, 9.17) is 23.1 Å². The molecule has 1 N–H and O–H groups in total. The minimum Gasteiger partial charge on any atom is -0.415 e. The molecule has 1 heterocycles. The van der Waals surface area contributed by atoms with Crippen molar-refractivity contribution in [1.82, 2.24) is 5.32 Å². The Bertz CT molecular complexity index is 437. The maximum Gasteiger partial charge on any atom is 0.217 e. The van der Waals surface area contributed by atoms with Gasteiger partial charge in [0, 0.05) is 21.1 Å². The van der Waals surface area contributed by atoms with E-state index in [9.17, 15) is 4.79 Å². The Balaban J connectivity index is 3.10. The van der Waals surface area contributed by atoms with Gasteiger partial charge in [0.15, 0.2) is 22.9 Å². The minimum absolute atomic E-state index is 0.161. The second-order valence-electron chi connectivity index (χ2n) is 8.32. The fraction of sp³-hybridized carbons (Fsp3) is 0.938. The Kier molecular flexibility index (Phi) is 8.25. The van der Waals surface area contributed by atoms with Crippen molar-refractivity contribution in [3.63, 3.8) is 0 Å². The Hall–Kier alpha value is -0.296. The van der Waals surface area contributed by atoms with Crippen LogP contribution < -0.4 is 5.32 Å². The van der Waals surface area contributed by atoms with Crippen molar-refractivity contribution in [3.05, 3.63) is 0 Å². The van der Waals surface area contributed by atoms with E-state index < -0.39 is 29.0 Å². The van der Waals surface area contributed by atoms with Crippen LogP contribution in [0.1, 0.15) is 6.92 Å². The fourth-order valence-corrected chi connectivity index (χ4v) is 4.55. The predicted molar refractivity (Wildman–Crippen MR) is 102 cm³/mol. The summed E-state index contributed by atoms with van der Waals surface area (Å²) in [5.74, 6) is -0.161. The number of amides is 1. The molecule has 0 radical (unpaired) electrons. The molecule has 1 amide bonds. The summed E-state index contributed by atoms with van der Waals surface area (Å²) >= 11 is 0. The maximum absolute atomic E-state index is 11.7. The number of ether oxygens (including phenoxy) is 3. The molecule has 9 heteroatoms. The molecule has 25 heavy (non-hydrogen) atoms. The Labute approximate surface area is 153 Å². The molecule has 0 aromatic heterocycles. The average Bonchev–Trinajstić information content (AvgIpc) is 2.44. The summed E-state index contributed by atoms with van der Waals surface area (Å²) in [7, 11) is -0.411. The van der Waals surface area contributed by atoms with Crippen molar-refractivity contribution < 1.29 is 27.9 Å². The third kappa shape index (κ3) is 7.45. The van der Waals surface area contributed by atoms with E-state index in [-0.39, 0.29) is 24.2 Å². The fourth-order valence-electron chi connectivity index (χ4n) is 2.79. The van der Waals surface area contributed by atoms with Crippen molar-refractivity contribution in [2.45, 2.75) is 76.8 Å². The van der Waals surface area contributed by atoms with Crippen LogP contribution in [0.25, 0.3) is 0 Å². The van der Waals surface area contributed by atoms with Gasteiger partial charge in [-0.1, -0.05) is 0 Å². The molecule has 0 spiro atoms. The van der Waals surface area contributed by atoms with Gasteiger partial charge in [-0.2, -0.15) is 0 Å². The Morgan fingerprint density at radius 1 is 1.00 bits per heavy atom. The molecule has 7 nitrogen and oxygen atoms in total. The summed E-state index contributed by atoms with van der Waals surface area (Å²) in [6.07, 6.45) is -1.67. The summed E-state index contributed by atoms with van der Waals surface area (Å²) in [4.78, 5) is 11.7. The highest BCUT2D eigenvalue weighted by molar-refractivity contribution is 6.70. The van der Waals surface area contributed by atoms with E-state index in [2.05, 4.69) is 44.6 Å². The van der Waals surface area contributed by atoms with Crippen LogP contribution in [0.3, 0.4) is 0 Å². The minimum atomic E-state index is -1.90. The Morgan fingerprint density at radius 3 is 2.00 bits per heavy atom. The van der Waals surface area contributed by atoms with Crippen LogP contribution >= 0.6 is 0 Å². The first-order valence-corrected chi connectivity index (χ1v) is 15.5. The van der Waals surface area contributed by atoms with Crippen molar-refractivity contribution in [1.29, 1.82) is 0 Å². The smallest absolute Gasteiger partial charge is 0.217 e. The lowest BCUT2D eigenvalue weighted by molar-refractivity contribution is -0.263. The highest BCUT2D eigenvalue weighted by Crippen LogP contribution is 2.29. The quantitative estimate of drug-likeness (QED) is 0.635. The molecule has 148 valence electrons.